The molecule has 0 radical (unpaired) electrons. The Hall–Kier alpha value is -3.67. The van der Waals surface area contributed by atoms with Gasteiger partial charge in [-0.2, -0.15) is 0 Å². The van der Waals surface area contributed by atoms with E-state index in [4.69, 9.17) is 4.42 Å². The number of nitrogens with zero attached hydrogens (tertiary/aromatic N) is 1. The normalized spacial score (nSPS) is 13.0. The van der Waals surface area contributed by atoms with E-state index in [1.165, 1.54) is 18.4 Å². The quantitative estimate of drug-likeness (QED) is 0.721. The molecule has 6 nitrogen and oxygen atoms in total. The second kappa shape index (κ2) is 6.57. The molecule has 27 heavy (non-hydrogen) atoms. The Morgan fingerprint density at radius 2 is 1.81 bits per heavy atom. The molecular weight excluding hydrogens is 344 g/mol. The molecule has 134 valence electrons. The zero-order valence-electron chi connectivity index (χ0n) is 14.6. The van der Waals surface area contributed by atoms with Crippen LogP contribution in [0.15, 0.2) is 65.3 Å². The molecule has 1 aromatic heterocycles. The van der Waals surface area contributed by atoms with Gasteiger partial charge in [0.15, 0.2) is 0 Å². The first kappa shape index (κ1) is 16.8. The number of furan rings is 1. The van der Waals surface area contributed by atoms with Crippen molar-refractivity contribution in [2.75, 3.05) is 5.32 Å². The second-order valence-corrected chi connectivity index (χ2v) is 6.36. The van der Waals surface area contributed by atoms with Crippen molar-refractivity contribution in [3.05, 3.63) is 88.9 Å². The maximum atomic E-state index is 12.6. The average Bonchev–Trinajstić information content (AvgIpc) is 3.25. The van der Waals surface area contributed by atoms with Gasteiger partial charge in [0.2, 0.25) is 0 Å². The van der Waals surface area contributed by atoms with Gasteiger partial charge in [0.1, 0.15) is 5.76 Å². The minimum Gasteiger partial charge on any atom is -0.467 e. The Kier molecular flexibility index (Phi) is 4.08. The zero-order valence-corrected chi connectivity index (χ0v) is 14.6. The van der Waals surface area contributed by atoms with Crippen molar-refractivity contribution in [1.82, 2.24) is 4.90 Å². The molecule has 0 atom stereocenters. The van der Waals surface area contributed by atoms with Crippen molar-refractivity contribution in [2.24, 2.45) is 0 Å². The van der Waals surface area contributed by atoms with E-state index in [0.717, 1.165) is 10.5 Å². The number of fused-ring (bicyclic) bond motifs is 1. The van der Waals surface area contributed by atoms with Gasteiger partial charge >= 0.3 is 0 Å². The fourth-order valence-corrected chi connectivity index (χ4v) is 3.06. The highest BCUT2D eigenvalue weighted by atomic mass is 16.3. The molecule has 0 unspecified atom stereocenters. The number of aryl methyl sites for hydroxylation is 1. The molecule has 1 aliphatic heterocycles. The van der Waals surface area contributed by atoms with Crippen LogP contribution >= 0.6 is 0 Å². The van der Waals surface area contributed by atoms with Gasteiger partial charge in [0, 0.05) is 11.3 Å². The Labute approximate surface area is 155 Å². The summed E-state index contributed by atoms with van der Waals surface area (Å²) < 4.78 is 5.22. The van der Waals surface area contributed by atoms with Gasteiger partial charge in [-0.05, 0) is 55.0 Å². The van der Waals surface area contributed by atoms with Gasteiger partial charge < -0.3 is 9.73 Å². The molecule has 1 aliphatic rings. The van der Waals surface area contributed by atoms with Crippen molar-refractivity contribution < 1.29 is 18.8 Å². The number of amides is 3. The van der Waals surface area contributed by atoms with E-state index in [1.54, 1.807) is 24.3 Å². The van der Waals surface area contributed by atoms with Gasteiger partial charge in [0.05, 0.1) is 23.9 Å². The fraction of sp³-hybridized carbons (Fsp3) is 0.0952. The summed E-state index contributed by atoms with van der Waals surface area (Å²) in [5.74, 6) is -0.649. The highest BCUT2D eigenvalue weighted by Gasteiger charge is 2.36. The van der Waals surface area contributed by atoms with Crippen LogP contribution < -0.4 is 5.32 Å². The van der Waals surface area contributed by atoms with Crippen molar-refractivity contribution in [2.45, 2.75) is 13.5 Å². The van der Waals surface area contributed by atoms with Crippen molar-refractivity contribution in [1.29, 1.82) is 0 Å². The maximum absolute atomic E-state index is 12.6. The van der Waals surface area contributed by atoms with Crippen LogP contribution in [-0.4, -0.2) is 22.6 Å². The van der Waals surface area contributed by atoms with Gasteiger partial charge in [0.25, 0.3) is 17.7 Å². The number of anilines is 1. The summed E-state index contributed by atoms with van der Waals surface area (Å²) in [6, 6.07) is 15.3. The first-order chi connectivity index (χ1) is 13.0. The third-order valence-electron chi connectivity index (χ3n) is 4.40. The van der Waals surface area contributed by atoms with Crippen LogP contribution in [0.2, 0.25) is 0 Å². The molecule has 3 aromatic rings. The van der Waals surface area contributed by atoms with E-state index >= 15 is 0 Å². The summed E-state index contributed by atoms with van der Waals surface area (Å²) in [6.45, 7) is 1.99. The molecule has 3 amide bonds. The van der Waals surface area contributed by atoms with E-state index < -0.39 is 11.8 Å². The summed E-state index contributed by atoms with van der Waals surface area (Å²) >= 11 is 0. The summed E-state index contributed by atoms with van der Waals surface area (Å²) in [4.78, 5) is 38.8. The van der Waals surface area contributed by atoms with Gasteiger partial charge in [-0.25, -0.2) is 0 Å². The molecule has 6 heteroatoms. The summed E-state index contributed by atoms with van der Waals surface area (Å²) in [6.07, 6.45) is 1.49. The molecule has 2 heterocycles. The van der Waals surface area contributed by atoms with Gasteiger partial charge in [-0.15, -0.1) is 0 Å². The number of rotatable bonds is 4. The van der Waals surface area contributed by atoms with Crippen molar-refractivity contribution >= 4 is 23.4 Å². The van der Waals surface area contributed by atoms with E-state index in [-0.39, 0.29) is 18.0 Å². The largest absolute Gasteiger partial charge is 0.467 e. The second-order valence-electron chi connectivity index (χ2n) is 6.36. The molecule has 4 rings (SSSR count). The minimum atomic E-state index is -0.434. The van der Waals surface area contributed by atoms with E-state index in [2.05, 4.69) is 5.32 Å². The number of nitrogens with one attached hydrogen (secondary N) is 1. The van der Waals surface area contributed by atoms with E-state index in [0.29, 0.717) is 22.6 Å². The Bertz CT molecular complexity index is 1050. The Balaban J connectivity index is 1.58. The predicted octanol–water partition coefficient (Wildman–Crippen LogP) is 3.64. The molecule has 0 fully saturated rings. The van der Waals surface area contributed by atoms with E-state index in [9.17, 15) is 14.4 Å². The standard InChI is InChI=1S/C21H16N2O4/c1-13-4-2-5-15(10-13)22-19(24)14-7-8-17-18(11-14)21(26)23(20(17)25)12-16-6-3-9-27-16/h2-11H,12H2,1H3,(H,22,24). The zero-order chi connectivity index (χ0) is 19.0. The number of benzene rings is 2. The minimum absolute atomic E-state index is 0.0597. The molecule has 2 aromatic carbocycles. The summed E-state index contributed by atoms with van der Waals surface area (Å²) in [5.41, 5.74) is 2.52. The molecule has 0 saturated heterocycles. The third-order valence-corrected chi connectivity index (χ3v) is 4.40. The van der Waals surface area contributed by atoms with Gasteiger partial charge in [-0.3, -0.25) is 19.3 Å². The molecular formula is C21H16N2O4. The summed E-state index contributed by atoms with van der Waals surface area (Å²) in [7, 11) is 0. The highest BCUT2D eigenvalue weighted by molar-refractivity contribution is 6.22. The van der Waals surface area contributed by atoms with Crippen LogP contribution in [0.4, 0.5) is 5.69 Å². The first-order valence-corrected chi connectivity index (χ1v) is 8.43. The molecule has 0 bridgehead atoms. The predicted molar refractivity (Wildman–Crippen MR) is 98.5 cm³/mol. The highest BCUT2D eigenvalue weighted by Crippen LogP contribution is 2.26. The number of imide groups is 1. The van der Waals surface area contributed by atoms with Crippen LogP contribution in [0, 0.1) is 6.92 Å². The first-order valence-electron chi connectivity index (χ1n) is 8.43. The molecule has 0 saturated carbocycles. The van der Waals surface area contributed by atoms with E-state index in [1.807, 2.05) is 25.1 Å². The average molecular weight is 360 g/mol. The van der Waals surface area contributed by atoms with Crippen LogP contribution in [-0.2, 0) is 6.54 Å². The van der Waals surface area contributed by atoms with Gasteiger partial charge in [-0.1, -0.05) is 12.1 Å². The molecule has 0 aliphatic carbocycles. The van der Waals surface area contributed by atoms with Crippen LogP contribution in [0.5, 0.6) is 0 Å². The lowest BCUT2D eigenvalue weighted by Gasteiger charge is -2.11. The monoisotopic (exact) mass is 360 g/mol. The summed E-state index contributed by atoms with van der Waals surface area (Å²) in [5, 5.41) is 2.80. The Morgan fingerprint density at radius 3 is 2.56 bits per heavy atom. The lowest BCUT2D eigenvalue weighted by molar-refractivity contribution is 0.0631. The van der Waals surface area contributed by atoms with Crippen LogP contribution in [0.3, 0.4) is 0 Å². The smallest absolute Gasteiger partial charge is 0.261 e. The van der Waals surface area contributed by atoms with Crippen LogP contribution in [0.1, 0.15) is 42.4 Å². The van der Waals surface area contributed by atoms with Crippen molar-refractivity contribution in [3.63, 3.8) is 0 Å². The van der Waals surface area contributed by atoms with Crippen molar-refractivity contribution in [3.8, 4) is 0 Å². The lowest BCUT2D eigenvalue weighted by atomic mass is 10.1. The topological polar surface area (TPSA) is 79.6 Å². The SMILES string of the molecule is Cc1cccc(NC(=O)c2ccc3c(c2)C(=O)N(Cc2ccco2)C3=O)c1. The Morgan fingerprint density at radius 1 is 1.00 bits per heavy atom. The fourth-order valence-electron chi connectivity index (χ4n) is 3.06. The lowest BCUT2D eigenvalue weighted by Crippen LogP contribution is -2.28. The number of carbonyl (C=O) groups is 3. The number of carbonyl (C=O) groups excluding carboxylic acids is 3. The van der Waals surface area contributed by atoms with Crippen LogP contribution in [0.25, 0.3) is 0 Å². The molecule has 0 spiro atoms. The third kappa shape index (κ3) is 3.13. The number of hydrogen-bond acceptors (Lipinski definition) is 4. The number of hydrogen-bond donors (Lipinski definition) is 1. The maximum Gasteiger partial charge on any atom is 0.261 e. The molecule has 1 N–H and O–H groups in total.